The molecule has 0 bridgehead atoms. The van der Waals surface area contributed by atoms with Gasteiger partial charge in [0.15, 0.2) is 11.5 Å². The number of hydrogen-bond acceptors (Lipinski definition) is 9. The van der Waals surface area contributed by atoms with Gasteiger partial charge < -0.3 is 20.8 Å². The highest BCUT2D eigenvalue weighted by atomic mass is 32.2. The Hall–Kier alpha value is -2.99. The van der Waals surface area contributed by atoms with Gasteiger partial charge in [0.2, 0.25) is 5.95 Å². The molecule has 27 heavy (non-hydrogen) atoms. The van der Waals surface area contributed by atoms with Crippen LogP contribution in [0.25, 0.3) is 11.2 Å². The highest BCUT2D eigenvalue weighted by Crippen LogP contribution is 2.25. The Labute approximate surface area is 156 Å². The van der Waals surface area contributed by atoms with Gasteiger partial charge in [0.25, 0.3) is 10.1 Å². The van der Waals surface area contributed by atoms with Crippen LogP contribution >= 0.6 is 0 Å². The molecule has 146 valence electrons. The van der Waals surface area contributed by atoms with Crippen molar-refractivity contribution in [1.82, 2.24) is 24.5 Å². The predicted octanol–water partition coefficient (Wildman–Crippen LogP) is 0.563. The monoisotopic (exact) mass is 395 g/mol. The lowest BCUT2D eigenvalue weighted by atomic mass is 10.1. The van der Waals surface area contributed by atoms with E-state index in [4.69, 9.17) is 20.8 Å². The van der Waals surface area contributed by atoms with Crippen LogP contribution in [0.15, 0.2) is 12.5 Å². The Morgan fingerprint density at radius 3 is 2.44 bits per heavy atom. The first-order chi connectivity index (χ1) is 12.5. The number of aryl methyl sites for hydroxylation is 1. The van der Waals surface area contributed by atoms with E-state index in [0.717, 1.165) is 22.6 Å². The van der Waals surface area contributed by atoms with Crippen molar-refractivity contribution in [1.29, 1.82) is 0 Å². The smallest absolute Gasteiger partial charge is 0.261 e. The van der Waals surface area contributed by atoms with Crippen LogP contribution in [-0.4, -0.2) is 50.8 Å². The van der Waals surface area contributed by atoms with Gasteiger partial charge in [-0.3, -0.25) is 9.54 Å². The van der Waals surface area contributed by atoms with Gasteiger partial charge in [0.05, 0.1) is 31.9 Å². The Kier molecular flexibility index (Phi) is 5.81. The van der Waals surface area contributed by atoms with E-state index in [0.29, 0.717) is 24.0 Å². The number of aromatic nitrogens is 5. The first kappa shape index (κ1) is 20.3. The minimum atomic E-state index is -3.67. The first-order valence-corrected chi connectivity index (χ1v) is 9.51. The van der Waals surface area contributed by atoms with Crippen LogP contribution in [-0.2, 0) is 16.7 Å². The van der Waals surface area contributed by atoms with Crippen molar-refractivity contribution in [2.75, 3.05) is 24.8 Å². The summed E-state index contributed by atoms with van der Waals surface area (Å²) < 4.78 is 33.1. The molecule has 0 saturated heterocycles. The summed E-state index contributed by atoms with van der Waals surface area (Å²) in [5, 5.41) is 0. The largest absolute Gasteiger partial charge is 0.496 e. The third-order valence-electron chi connectivity index (χ3n) is 3.58. The number of imidazole rings is 1. The Bertz CT molecular complexity index is 1070. The second-order valence-corrected chi connectivity index (χ2v) is 7.26. The van der Waals surface area contributed by atoms with E-state index in [1.807, 2.05) is 18.4 Å². The molecule has 0 aliphatic rings. The molecule has 3 rings (SSSR count). The lowest BCUT2D eigenvalue weighted by Gasteiger charge is -2.12. The molecule has 11 nitrogen and oxygen atoms in total. The number of anilines is 2. The van der Waals surface area contributed by atoms with E-state index in [2.05, 4.69) is 19.9 Å². The highest BCUT2D eigenvalue weighted by Gasteiger charge is 2.14. The lowest BCUT2D eigenvalue weighted by molar-refractivity contribution is 0.406. The maximum absolute atomic E-state index is 9.19. The molecule has 0 aliphatic carbocycles. The molecule has 0 aromatic carbocycles. The average Bonchev–Trinajstić information content (AvgIpc) is 2.92. The Morgan fingerprint density at radius 2 is 1.85 bits per heavy atom. The molecule has 3 aromatic rings. The third-order valence-corrected chi connectivity index (χ3v) is 3.58. The van der Waals surface area contributed by atoms with Gasteiger partial charge >= 0.3 is 0 Å². The number of rotatable bonds is 3. The van der Waals surface area contributed by atoms with Crippen molar-refractivity contribution in [3.63, 3.8) is 0 Å². The quantitative estimate of drug-likeness (QED) is 0.532. The second-order valence-electron chi connectivity index (χ2n) is 5.79. The summed E-state index contributed by atoms with van der Waals surface area (Å²) in [6.45, 7) is 4.43. The van der Waals surface area contributed by atoms with Crippen LogP contribution in [0.2, 0.25) is 0 Å². The molecular formula is C15H21N7O4S. The first-order valence-electron chi connectivity index (χ1n) is 7.66. The fourth-order valence-corrected chi connectivity index (χ4v) is 2.49. The van der Waals surface area contributed by atoms with E-state index in [1.165, 1.54) is 0 Å². The molecule has 0 fully saturated rings. The Balaban J connectivity index is 0.000000465. The molecule has 0 unspecified atom stereocenters. The molecule has 0 spiro atoms. The van der Waals surface area contributed by atoms with Crippen LogP contribution in [0.5, 0.6) is 5.75 Å². The van der Waals surface area contributed by atoms with Gasteiger partial charge in [-0.25, -0.2) is 4.98 Å². The lowest BCUT2D eigenvalue weighted by Crippen LogP contribution is -2.07. The molecule has 5 N–H and O–H groups in total. The fourth-order valence-electron chi connectivity index (χ4n) is 2.49. The molecule has 3 aromatic heterocycles. The van der Waals surface area contributed by atoms with E-state index < -0.39 is 10.1 Å². The summed E-state index contributed by atoms with van der Waals surface area (Å²) in [4.78, 5) is 16.8. The van der Waals surface area contributed by atoms with E-state index in [1.54, 1.807) is 19.6 Å². The molecule has 12 heteroatoms. The molecule has 0 saturated carbocycles. The van der Waals surface area contributed by atoms with Crippen molar-refractivity contribution in [3.05, 3.63) is 29.3 Å². The zero-order chi connectivity index (χ0) is 20.4. The van der Waals surface area contributed by atoms with Crippen molar-refractivity contribution < 1.29 is 17.7 Å². The van der Waals surface area contributed by atoms with Crippen LogP contribution in [0.1, 0.15) is 16.8 Å². The molecule has 3 heterocycles. The molecule has 0 amide bonds. The fraction of sp³-hybridized carbons (Fsp3) is 0.333. The topological polar surface area (TPSA) is 172 Å². The maximum atomic E-state index is 9.19. The molecule has 0 aliphatic heterocycles. The van der Waals surface area contributed by atoms with E-state index in [9.17, 15) is 8.42 Å². The van der Waals surface area contributed by atoms with Crippen LogP contribution in [0.3, 0.4) is 0 Å². The summed E-state index contributed by atoms with van der Waals surface area (Å²) in [5.74, 6) is 1.23. The SMILES string of the molecule is COc1c(C)cnc(Cn2cnc3c(N)nc(N)nc32)c1C.CS(=O)(=O)O. The average molecular weight is 395 g/mol. The van der Waals surface area contributed by atoms with Gasteiger partial charge in [0.1, 0.15) is 11.3 Å². The zero-order valence-electron chi connectivity index (χ0n) is 15.3. The summed E-state index contributed by atoms with van der Waals surface area (Å²) in [6.07, 6.45) is 4.16. The van der Waals surface area contributed by atoms with E-state index >= 15 is 0 Å². The number of hydrogen-bond donors (Lipinski definition) is 3. The van der Waals surface area contributed by atoms with Crippen LogP contribution in [0, 0.1) is 13.8 Å². The molecule has 0 radical (unpaired) electrons. The van der Waals surface area contributed by atoms with Gasteiger partial charge in [-0.2, -0.15) is 18.4 Å². The Morgan fingerprint density at radius 1 is 1.22 bits per heavy atom. The van der Waals surface area contributed by atoms with Gasteiger partial charge in [-0.05, 0) is 13.8 Å². The minimum absolute atomic E-state index is 0.123. The summed E-state index contributed by atoms with van der Waals surface area (Å²) in [6, 6.07) is 0. The van der Waals surface area contributed by atoms with Crippen LogP contribution < -0.4 is 16.2 Å². The van der Waals surface area contributed by atoms with Crippen LogP contribution in [0.4, 0.5) is 11.8 Å². The van der Waals surface area contributed by atoms with Gasteiger partial charge in [-0.15, -0.1) is 0 Å². The molecule has 0 atom stereocenters. The second kappa shape index (κ2) is 7.72. The standard InChI is InChI=1S/C14H17N7O.CH4O3S/c1-7-4-17-9(8(2)11(7)22-3)5-21-6-18-10-12(15)19-14(16)20-13(10)21;1-5(2,3)4/h4,6H,5H2,1-3H3,(H4,15,16,19,20);1H3,(H,2,3,4). The van der Waals surface area contributed by atoms with Crippen molar-refractivity contribution in [3.8, 4) is 5.75 Å². The number of nitrogens with zero attached hydrogens (tertiary/aromatic N) is 5. The summed E-state index contributed by atoms with van der Waals surface area (Å²) in [5.41, 5.74) is 15.5. The number of ether oxygens (including phenoxy) is 1. The number of nitrogen functional groups attached to an aromatic ring is 2. The summed E-state index contributed by atoms with van der Waals surface area (Å²) in [7, 11) is -2.01. The van der Waals surface area contributed by atoms with Crippen molar-refractivity contribution >= 4 is 33.0 Å². The number of pyridine rings is 1. The van der Waals surface area contributed by atoms with Gasteiger partial charge in [-0.1, -0.05) is 0 Å². The van der Waals surface area contributed by atoms with Gasteiger partial charge in [0, 0.05) is 17.3 Å². The molecular weight excluding hydrogens is 374 g/mol. The highest BCUT2D eigenvalue weighted by molar-refractivity contribution is 7.85. The zero-order valence-corrected chi connectivity index (χ0v) is 16.1. The maximum Gasteiger partial charge on any atom is 0.261 e. The minimum Gasteiger partial charge on any atom is -0.496 e. The number of fused-ring (bicyclic) bond motifs is 1. The van der Waals surface area contributed by atoms with Crippen molar-refractivity contribution in [2.24, 2.45) is 0 Å². The van der Waals surface area contributed by atoms with E-state index in [-0.39, 0.29) is 11.8 Å². The number of nitrogens with two attached hydrogens (primary N) is 2. The number of methoxy groups -OCH3 is 1. The third kappa shape index (κ3) is 5.01. The summed E-state index contributed by atoms with van der Waals surface area (Å²) >= 11 is 0. The normalized spacial score (nSPS) is 11.1. The predicted molar refractivity (Wildman–Crippen MR) is 101 cm³/mol. The van der Waals surface area contributed by atoms with Crippen molar-refractivity contribution in [2.45, 2.75) is 20.4 Å².